The summed E-state index contributed by atoms with van der Waals surface area (Å²) in [6.07, 6.45) is 5.02. The molecule has 0 aliphatic heterocycles. The summed E-state index contributed by atoms with van der Waals surface area (Å²) >= 11 is 0. The lowest BCUT2D eigenvalue weighted by molar-refractivity contribution is 0.0601. The molecule has 2 atom stereocenters. The van der Waals surface area contributed by atoms with Crippen LogP contribution < -0.4 is 5.32 Å². The van der Waals surface area contributed by atoms with Crippen molar-refractivity contribution in [3.05, 3.63) is 23.9 Å². The van der Waals surface area contributed by atoms with Crippen LogP contribution in [-0.4, -0.2) is 37.3 Å². The molecule has 2 rings (SSSR count). The van der Waals surface area contributed by atoms with Crippen molar-refractivity contribution in [1.82, 2.24) is 4.98 Å². The summed E-state index contributed by atoms with van der Waals surface area (Å²) in [6.45, 7) is 0. The SMILES string of the molecule is COC(=O)c1cccnc1NC1CCCC1OC. The first kappa shape index (κ1) is 12.8. The molecule has 1 aliphatic rings. The number of nitrogens with zero attached hydrogens (tertiary/aromatic N) is 1. The number of esters is 1. The summed E-state index contributed by atoms with van der Waals surface area (Å²) in [5.41, 5.74) is 0.460. The van der Waals surface area contributed by atoms with Crippen LogP contribution in [0.3, 0.4) is 0 Å². The number of hydrogen-bond donors (Lipinski definition) is 1. The van der Waals surface area contributed by atoms with Crippen LogP contribution in [0, 0.1) is 0 Å². The molecule has 98 valence electrons. The van der Waals surface area contributed by atoms with Crippen LogP contribution in [0.1, 0.15) is 29.6 Å². The summed E-state index contributed by atoms with van der Waals surface area (Å²) < 4.78 is 10.2. The molecule has 18 heavy (non-hydrogen) atoms. The molecule has 0 saturated heterocycles. The summed E-state index contributed by atoms with van der Waals surface area (Å²) in [7, 11) is 3.08. The smallest absolute Gasteiger partial charge is 0.341 e. The third-order valence-electron chi connectivity index (χ3n) is 3.29. The zero-order valence-corrected chi connectivity index (χ0v) is 10.7. The van der Waals surface area contributed by atoms with Gasteiger partial charge in [0.1, 0.15) is 11.4 Å². The monoisotopic (exact) mass is 250 g/mol. The van der Waals surface area contributed by atoms with E-state index >= 15 is 0 Å². The molecule has 0 amide bonds. The van der Waals surface area contributed by atoms with Gasteiger partial charge in [0.2, 0.25) is 0 Å². The molecule has 1 aliphatic carbocycles. The number of carbonyl (C=O) groups is 1. The van der Waals surface area contributed by atoms with E-state index in [1.807, 2.05) is 0 Å². The Bertz CT molecular complexity index is 422. The van der Waals surface area contributed by atoms with Gasteiger partial charge in [0.25, 0.3) is 0 Å². The minimum absolute atomic E-state index is 0.178. The lowest BCUT2D eigenvalue weighted by atomic mass is 10.2. The Balaban J connectivity index is 2.16. The number of hydrogen-bond acceptors (Lipinski definition) is 5. The lowest BCUT2D eigenvalue weighted by Gasteiger charge is -2.21. The third kappa shape index (κ3) is 2.61. The summed E-state index contributed by atoms with van der Waals surface area (Å²) in [4.78, 5) is 15.8. The highest BCUT2D eigenvalue weighted by Gasteiger charge is 2.28. The molecule has 1 aromatic rings. The van der Waals surface area contributed by atoms with Crippen LogP contribution in [0.2, 0.25) is 0 Å². The van der Waals surface area contributed by atoms with Crippen LogP contribution in [0.5, 0.6) is 0 Å². The third-order valence-corrected chi connectivity index (χ3v) is 3.29. The highest BCUT2D eigenvalue weighted by molar-refractivity contribution is 5.94. The van der Waals surface area contributed by atoms with Crippen LogP contribution >= 0.6 is 0 Å². The zero-order valence-electron chi connectivity index (χ0n) is 10.7. The standard InChI is InChI=1S/C13H18N2O3/c1-17-11-7-3-6-10(11)15-12-9(13(16)18-2)5-4-8-14-12/h4-5,8,10-11H,3,6-7H2,1-2H3,(H,14,15). The van der Waals surface area contributed by atoms with Crippen LogP contribution in [0.25, 0.3) is 0 Å². The van der Waals surface area contributed by atoms with Crippen molar-refractivity contribution in [3.63, 3.8) is 0 Å². The van der Waals surface area contributed by atoms with Crippen molar-refractivity contribution < 1.29 is 14.3 Å². The highest BCUT2D eigenvalue weighted by atomic mass is 16.5. The maximum absolute atomic E-state index is 11.6. The Morgan fingerprint density at radius 2 is 2.28 bits per heavy atom. The number of aromatic nitrogens is 1. The zero-order chi connectivity index (χ0) is 13.0. The predicted octanol–water partition coefficient (Wildman–Crippen LogP) is 1.85. The van der Waals surface area contributed by atoms with E-state index in [1.165, 1.54) is 7.11 Å². The van der Waals surface area contributed by atoms with E-state index < -0.39 is 0 Å². The number of methoxy groups -OCH3 is 2. The Morgan fingerprint density at radius 3 is 3.00 bits per heavy atom. The molecule has 2 unspecified atom stereocenters. The Kier molecular flexibility index (Phi) is 4.15. The van der Waals surface area contributed by atoms with Gasteiger partial charge >= 0.3 is 5.97 Å². The fraction of sp³-hybridized carbons (Fsp3) is 0.538. The van der Waals surface area contributed by atoms with Gasteiger partial charge in [0.05, 0.1) is 19.3 Å². The maximum Gasteiger partial charge on any atom is 0.341 e. The van der Waals surface area contributed by atoms with Crippen molar-refractivity contribution in [1.29, 1.82) is 0 Å². The fourth-order valence-corrected chi connectivity index (χ4v) is 2.34. The van der Waals surface area contributed by atoms with E-state index in [1.54, 1.807) is 25.4 Å². The van der Waals surface area contributed by atoms with Crippen molar-refractivity contribution in [2.45, 2.75) is 31.4 Å². The van der Waals surface area contributed by atoms with Crippen LogP contribution in [-0.2, 0) is 9.47 Å². The molecule has 1 N–H and O–H groups in total. The molecule has 1 aromatic heterocycles. The molecule has 5 nitrogen and oxygen atoms in total. The van der Waals surface area contributed by atoms with E-state index in [2.05, 4.69) is 10.3 Å². The maximum atomic E-state index is 11.6. The van der Waals surface area contributed by atoms with Gasteiger partial charge in [0, 0.05) is 13.3 Å². The van der Waals surface area contributed by atoms with Crippen LogP contribution in [0.4, 0.5) is 5.82 Å². The molecule has 0 aromatic carbocycles. The average Bonchev–Trinajstić information content (AvgIpc) is 2.86. The molecule has 1 fully saturated rings. The normalized spacial score (nSPS) is 22.8. The van der Waals surface area contributed by atoms with Gasteiger partial charge in [-0.3, -0.25) is 0 Å². The minimum Gasteiger partial charge on any atom is -0.465 e. The van der Waals surface area contributed by atoms with E-state index in [0.717, 1.165) is 19.3 Å². The molecule has 1 heterocycles. The van der Waals surface area contributed by atoms with Crippen molar-refractivity contribution in [2.75, 3.05) is 19.5 Å². The van der Waals surface area contributed by atoms with Crippen LogP contribution in [0.15, 0.2) is 18.3 Å². The van der Waals surface area contributed by atoms with Gasteiger partial charge in [-0.15, -0.1) is 0 Å². The van der Waals surface area contributed by atoms with Gasteiger partial charge in [-0.25, -0.2) is 9.78 Å². The number of pyridine rings is 1. The lowest BCUT2D eigenvalue weighted by Crippen LogP contribution is -2.30. The van der Waals surface area contributed by atoms with E-state index in [4.69, 9.17) is 9.47 Å². The van der Waals surface area contributed by atoms with Gasteiger partial charge < -0.3 is 14.8 Å². The first-order chi connectivity index (χ1) is 8.76. The van der Waals surface area contributed by atoms with Gasteiger partial charge in [-0.2, -0.15) is 0 Å². The van der Waals surface area contributed by atoms with E-state index in [0.29, 0.717) is 11.4 Å². The Hall–Kier alpha value is -1.62. The number of carbonyl (C=O) groups excluding carboxylic acids is 1. The van der Waals surface area contributed by atoms with Gasteiger partial charge in [-0.1, -0.05) is 0 Å². The van der Waals surface area contributed by atoms with Crippen molar-refractivity contribution in [3.8, 4) is 0 Å². The van der Waals surface area contributed by atoms with Crippen molar-refractivity contribution in [2.24, 2.45) is 0 Å². The molecule has 0 spiro atoms. The van der Waals surface area contributed by atoms with Gasteiger partial charge in [-0.05, 0) is 31.4 Å². The largest absolute Gasteiger partial charge is 0.465 e. The molecule has 0 radical (unpaired) electrons. The van der Waals surface area contributed by atoms with Crippen molar-refractivity contribution >= 4 is 11.8 Å². The highest BCUT2D eigenvalue weighted by Crippen LogP contribution is 2.25. The fourth-order valence-electron chi connectivity index (χ4n) is 2.34. The average molecular weight is 250 g/mol. The second-order valence-corrected chi connectivity index (χ2v) is 4.35. The molecular formula is C13H18N2O3. The molecule has 1 saturated carbocycles. The Labute approximate surface area is 107 Å². The molecule has 5 heteroatoms. The summed E-state index contributed by atoms with van der Waals surface area (Å²) in [5, 5.41) is 3.29. The molecule has 0 bridgehead atoms. The topological polar surface area (TPSA) is 60.5 Å². The number of anilines is 1. The number of ether oxygens (including phenoxy) is 2. The van der Waals surface area contributed by atoms with Gasteiger partial charge in [0.15, 0.2) is 0 Å². The summed E-state index contributed by atoms with van der Waals surface area (Å²) in [6, 6.07) is 3.63. The predicted molar refractivity (Wildman–Crippen MR) is 67.6 cm³/mol. The quantitative estimate of drug-likeness (QED) is 0.826. The number of rotatable bonds is 4. The molecular weight excluding hydrogens is 232 g/mol. The summed E-state index contributed by atoms with van der Waals surface area (Å²) in [5.74, 6) is 0.191. The first-order valence-electron chi connectivity index (χ1n) is 6.09. The number of nitrogens with one attached hydrogen (secondary N) is 1. The second kappa shape index (κ2) is 5.82. The minimum atomic E-state index is -0.377. The van der Waals surface area contributed by atoms with E-state index in [9.17, 15) is 4.79 Å². The first-order valence-corrected chi connectivity index (χ1v) is 6.09. The van der Waals surface area contributed by atoms with E-state index in [-0.39, 0.29) is 18.1 Å². The second-order valence-electron chi connectivity index (χ2n) is 4.35. The Morgan fingerprint density at radius 1 is 1.44 bits per heavy atom.